The van der Waals surface area contributed by atoms with Gasteiger partial charge in [0.1, 0.15) is 15.7 Å². The summed E-state index contributed by atoms with van der Waals surface area (Å²) in [6.07, 6.45) is 6.09. The summed E-state index contributed by atoms with van der Waals surface area (Å²) < 4.78 is 25.3. The molecule has 33 heavy (non-hydrogen) atoms. The molecule has 0 atom stereocenters. The molecule has 9 heteroatoms. The number of benzene rings is 1. The number of ketones is 1. The standard InChI is InChI=1S/C24H23N5O3S/c1-15(30)21-22(18-8-11-33(31,32)12-9-18)28-24-20(14-27-29(24)23(21)25)17-6-4-16(5-7-17)19-3-2-10-26-13-19/h2-7,10,13-14,18H,8-9,11-12,25H2,1H3. The third kappa shape index (κ3) is 3.89. The van der Waals surface area contributed by atoms with E-state index in [2.05, 4.69) is 10.1 Å². The van der Waals surface area contributed by atoms with Gasteiger partial charge in [0, 0.05) is 23.9 Å². The Morgan fingerprint density at radius 3 is 2.36 bits per heavy atom. The number of anilines is 1. The van der Waals surface area contributed by atoms with E-state index in [4.69, 9.17) is 10.7 Å². The number of carbonyl (C=O) groups is 1. The highest BCUT2D eigenvalue weighted by Crippen LogP contribution is 2.35. The van der Waals surface area contributed by atoms with Crippen LogP contribution < -0.4 is 5.73 Å². The second kappa shape index (κ2) is 8.08. The molecular formula is C24H23N5O3S. The number of fused-ring (bicyclic) bond motifs is 1. The first-order valence-electron chi connectivity index (χ1n) is 10.7. The first kappa shape index (κ1) is 21.3. The number of carbonyl (C=O) groups excluding carboxylic acids is 1. The van der Waals surface area contributed by atoms with E-state index in [1.54, 1.807) is 12.4 Å². The summed E-state index contributed by atoms with van der Waals surface area (Å²) in [7, 11) is -3.04. The molecule has 0 unspecified atom stereocenters. The number of pyridine rings is 1. The molecule has 5 rings (SSSR count). The van der Waals surface area contributed by atoms with Crippen molar-refractivity contribution < 1.29 is 13.2 Å². The molecule has 1 fully saturated rings. The molecule has 0 bridgehead atoms. The molecule has 2 N–H and O–H groups in total. The van der Waals surface area contributed by atoms with Crippen molar-refractivity contribution in [1.29, 1.82) is 0 Å². The summed E-state index contributed by atoms with van der Waals surface area (Å²) in [4.78, 5) is 21.5. The average Bonchev–Trinajstić information content (AvgIpc) is 3.24. The Labute approximate surface area is 191 Å². The third-order valence-electron chi connectivity index (χ3n) is 6.19. The molecule has 8 nitrogen and oxygen atoms in total. The van der Waals surface area contributed by atoms with Gasteiger partial charge < -0.3 is 5.73 Å². The van der Waals surface area contributed by atoms with E-state index >= 15 is 0 Å². The minimum atomic E-state index is -3.04. The van der Waals surface area contributed by atoms with E-state index in [0.29, 0.717) is 29.7 Å². The Balaban J connectivity index is 1.60. The highest BCUT2D eigenvalue weighted by molar-refractivity contribution is 7.91. The zero-order chi connectivity index (χ0) is 23.2. The Hall–Kier alpha value is -3.59. The first-order chi connectivity index (χ1) is 15.8. The smallest absolute Gasteiger partial charge is 0.165 e. The number of hydrogen-bond acceptors (Lipinski definition) is 7. The lowest BCUT2D eigenvalue weighted by Gasteiger charge is -2.24. The number of hydrogen-bond donors (Lipinski definition) is 1. The van der Waals surface area contributed by atoms with Crippen LogP contribution in [0.4, 0.5) is 5.82 Å². The van der Waals surface area contributed by atoms with Crippen molar-refractivity contribution in [3.63, 3.8) is 0 Å². The molecule has 1 aliphatic heterocycles. The monoisotopic (exact) mass is 461 g/mol. The fraction of sp³-hybridized carbons (Fsp3) is 0.250. The van der Waals surface area contributed by atoms with Crippen molar-refractivity contribution in [1.82, 2.24) is 19.6 Å². The van der Waals surface area contributed by atoms with E-state index in [1.807, 2.05) is 42.6 Å². The lowest BCUT2D eigenvalue weighted by atomic mass is 9.93. The average molecular weight is 462 g/mol. The van der Waals surface area contributed by atoms with Crippen molar-refractivity contribution in [2.75, 3.05) is 17.2 Å². The zero-order valence-electron chi connectivity index (χ0n) is 18.1. The fourth-order valence-corrected chi connectivity index (χ4v) is 5.92. The van der Waals surface area contributed by atoms with Crippen molar-refractivity contribution in [2.24, 2.45) is 0 Å². The molecule has 1 saturated heterocycles. The van der Waals surface area contributed by atoms with Crippen LogP contribution in [0.25, 0.3) is 27.9 Å². The van der Waals surface area contributed by atoms with Gasteiger partial charge >= 0.3 is 0 Å². The summed E-state index contributed by atoms with van der Waals surface area (Å²) in [5, 5.41) is 4.40. The van der Waals surface area contributed by atoms with Crippen LogP contribution in [0.15, 0.2) is 55.0 Å². The Morgan fingerprint density at radius 2 is 1.73 bits per heavy atom. The predicted molar refractivity (Wildman–Crippen MR) is 127 cm³/mol. The van der Waals surface area contributed by atoms with Crippen LogP contribution in [-0.2, 0) is 9.84 Å². The molecule has 0 aliphatic carbocycles. The van der Waals surface area contributed by atoms with Gasteiger partial charge in [-0.25, -0.2) is 13.4 Å². The molecule has 0 spiro atoms. The van der Waals surface area contributed by atoms with Gasteiger partial charge in [-0.15, -0.1) is 0 Å². The Morgan fingerprint density at radius 1 is 1.03 bits per heavy atom. The van der Waals surface area contributed by atoms with Crippen LogP contribution in [0.3, 0.4) is 0 Å². The van der Waals surface area contributed by atoms with Crippen molar-refractivity contribution in [2.45, 2.75) is 25.7 Å². The van der Waals surface area contributed by atoms with Gasteiger partial charge in [-0.05, 0) is 42.5 Å². The largest absolute Gasteiger partial charge is 0.383 e. The summed E-state index contributed by atoms with van der Waals surface area (Å²) in [6.45, 7) is 1.45. The van der Waals surface area contributed by atoms with Gasteiger partial charge in [0.25, 0.3) is 0 Å². The number of sulfone groups is 1. The number of Topliss-reactive ketones (excluding diaryl/α,β-unsaturated/α-hetero) is 1. The van der Waals surface area contributed by atoms with Crippen LogP contribution in [0.5, 0.6) is 0 Å². The number of nitrogens with two attached hydrogens (primary N) is 1. The van der Waals surface area contributed by atoms with Gasteiger partial charge in [0.15, 0.2) is 11.4 Å². The van der Waals surface area contributed by atoms with Gasteiger partial charge in [0.2, 0.25) is 0 Å². The lowest BCUT2D eigenvalue weighted by molar-refractivity contribution is 0.101. The molecule has 3 aromatic heterocycles. The quantitative estimate of drug-likeness (QED) is 0.462. The normalized spacial score (nSPS) is 16.2. The predicted octanol–water partition coefficient (Wildman–Crippen LogP) is 3.54. The van der Waals surface area contributed by atoms with Crippen molar-refractivity contribution >= 4 is 27.1 Å². The summed E-state index contributed by atoms with van der Waals surface area (Å²) in [5.74, 6) is 0.0562. The van der Waals surface area contributed by atoms with E-state index in [9.17, 15) is 13.2 Å². The molecule has 1 aliphatic rings. The van der Waals surface area contributed by atoms with E-state index in [0.717, 1.165) is 22.3 Å². The van der Waals surface area contributed by atoms with Crippen molar-refractivity contribution in [3.05, 3.63) is 66.2 Å². The SMILES string of the molecule is CC(=O)c1c(C2CCS(=O)(=O)CC2)nc2c(-c3ccc(-c4cccnc4)cc3)cnn2c1N. The molecule has 0 saturated carbocycles. The number of nitrogen functional groups attached to an aromatic ring is 1. The fourth-order valence-electron chi connectivity index (χ4n) is 4.43. The molecule has 0 amide bonds. The summed E-state index contributed by atoms with van der Waals surface area (Å²) >= 11 is 0. The van der Waals surface area contributed by atoms with Crippen LogP contribution in [0.2, 0.25) is 0 Å². The number of rotatable bonds is 4. The van der Waals surface area contributed by atoms with Crippen LogP contribution >= 0.6 is 0 Å². The zero-order valence-corrected chi connectivity index (χ0v) is 18.9. The van der Waals surface area contributed by atoms with Crippen LogP contribution in [-0.4, -0.2) is 45.3 Å². The maximum absolute atomic E-state index is 12.5. The second-order valence-corrected chi connectivity index (χ2v) is 10.7. The minimum absolute atomic E-state index is 0.0870. The maximum atomic E-state index is 12.5. The van der Waals surface area contributed by atoms with Crippen LogP contribution in [0, 0.1) is 0 Å². The second-order valence-electron chi connectivity index (χ2n) is 8.35. The van der Waals surface area contributed by atoms with E-state index < -0.39 is 9.84 Å². The van der Waals surface area contributed by atoms with E-state index in [-0.39, 0.29) is 29.0 Å². The maximum Gasteiger partial charge on any atom is 0.165 e. The molecule has 0 radical (unpaired) electrons. The van der Waals surface area contributed by atoms with E-state index in [1.165, 1.54) is 11.4 Å². The summed E-state index contributed by atoms with van der Waals surface area (Å²) in [5.41, 5.74) is 11.6. The number of aromatic nitrogens is 4. The lowest BCUT2D eigenvalue weighted by Crippen LogP contribution is -2.25. The molecule has 4 aromatic rings. The van der Waals surface area contributed by atoms with Gasteiger partial charge in [-0.1, -0.05) is 30.3 Å². The van der Waals surface area contributed by atoms with Crippen LogP contribution in [0.1, 0.15) is 41.7 Å². The van der Waals surface area contributed by atoms with Gasteiger partial charge in [-0.2, -0.15) is 9.61 Å². The Kier molecular flexibility index (Phi) is 5.20. The molecule has 168 valence electrons. The molecular weight excluding hydrogens is 438 g/mol. The number of nitrogens with zero attached hydrogens (tertiary/aromatic N) is 4. The molecule has 1 aromatic carbocycles. The minimum Gasteiger partial charge on any atom is -0.383 e. The van der Waals surface area contributed by atoms with Gasteiger partial charge in [0.05, 0.1) is 29.0 Å². The molecule has 4 heterocycles. The Bertz CT molecular complexity index is 1450. The third-order valence-corrected chi connectivity index (χ3v) is 7.91. The summed E-state index contributed by atoms with van der Waals surface area (Å²) in [6, 6.07) is 11.9. The highest BCUT2D eigenvalue weighted by atomic mass is 32.2. The highest BCUT2D eigenvalue weighted by Gasteiger charge is 2.30. The first-order valence-corrected chi connectivity index (χ1v) is 12.6. The van der Waals surface area contributed by atoms with Gasteiger partial charge in [-0.3, -0.25) is 9.78 Å². The topological polar surface area (TPSA) is 120 Å². The van der Waals surface area contributed by atoms with Crippen molar-refractivity contribution in [3.8, 4) is 22.3 Å².